The van der Waals surface area contributed by atoms with Crippen molar-refractivity contribution in [2.45, 2.75) is 33.7 Å². The van der Waals surface area contributed by atoms with Crippen molar-refractivity contribution in [3.05, 3.63) is 47.4 Å². The van der Waals surface area contributed by atoms with Crippen molar-refractivity contribution in [2.75, 3.05) is 0 Å². The van der Waals surface area contributed by atoms with E-state index >= 15 is 0 Å². The van der Waals surface area contributed by atoms with Gasteiger partial charge in [0.25, 0.3) is 5.91 Å². The van der Waals surface area contributed by atoms with Gasteiger partial charge in [0.2, 0.25) is 5.89 Å². The molecule has 0 atom stereocenters. The highest BCUT2D eigenvalue weighted by atomic mass is 16.5. The van der Waals surface area contributed by atoms with Crippen molar-refractivity contribution in [2.24, 2.45) is 5.92 Å². The first kappa shape index (κ1) is 15.2. The second kappa shape index (κ2) is 6.20. The molecule has 3 aromatic heterocycles. The lowest BCUT2D eigenvalue weighted by Gasteiger charge is -1.98. The van der Waals surface area contributed by atoms with E-state index in [4.69, 9.17) is 4.52 Å². The van der Waals surface area contributed by atoms with E-state index in [2.05, 4.69) is 34.4 Å². The van der Waals surface area contributed by atoms with Crippen LogP contribution in [0.4, 0.5) is 0 Å². The summed E-state index contributed by atoms with van der Waals surface area (Å²) in [5.41, 5.74) is 2.36. The molecular formula is C16H19N5O2. The lowest BCUT2D eigenvalue weighted by molar-refractivity contribution is 0.0941. The van der Waals surface area contributed by atoms with Gasteiger partial charge in [-0.15, -0.1) is 0 Å². The zero-order chi connectivity index (χ0) is 16.4. The Labute approximate surface area is 133 Å². The molecule has 3 aromatic rings. The van der Waals surface area contributed by atoms with Crippen molar-refractivity contribution in [3.8, 4) is 0 Å². The van der Waals surface area contributed by atoms with Gasteiger partial charge in [-0.2, -0.15) is 10.1 Å². The van der Waals surface area contributed by atoms with Crippen LogP contribution in [0.15, 0.2) is 28.9 Å². The Kier molecular flexibility index (Phi) is 4.10. The summed E-state index contributed by atoms with van der Waals surface area (Å²) in [6.07, 6.45) is 2.58. The molecule has 7 heteroatoms. The second-order valence-electron chi connectivity index (χ2n) is 5.99. The van der Waals surface area contributed by atoms with Gasteiger partial charge in [0.05, 0.1) is 12.1 Å². The summed E-state index contributed by atoms with van der Waals surface area (Å²) in [5.74, 6) is 1.24. The minimum absolute atomic E-state index is 0.191. The summed E-state index contributed by atoms with van der Waals surface area (Å²) in [5, 5.41) is 10.9. The quantitative estimate of drug-likeness (QED) is 0.780. The fraction of sp³-hybridized carbons (Fsp3) is 0.375. The molecular weight excluding hydrogens is 294 g/mol. The van der Waals surface area contributed by atoms with Gasteiger partial charge in [0, 0.05) is 12.6 Å². The normalized spacial score (nSPS) is 11.3. The van der Waals surface area contributed by atoms with Gasteiger partial charge >= 0.3 is 0 Å². The number of nitrogens with one attached hydrogen (secondary N) is 1. The molecule has 0 radical (unpaired) electrons. The average molecular weight is 313 g/mol. The largest absolute Gasteiger partial charge is 0.342 e. The molecule has 3 heterocycles. The van der Waals surface area contributed by atoms with Gasteiger partial charge in [-0.25, -0.2) is 4.52 Å². The maximum absolute atomic E-state index is 12.2. The Balaban J connectivity index is 1.65. The number of fused-ring (bicyclic) bond motifs is 1. The molecule has 0 spiro atoms. The zero-order valence-electron chi connectivity index (χ0n) is 13.4. The van der Waals surface area contributed by atoms with Gasteiger partial charge in [0.1, 0.15) is 0 Å². The van der Waals surface area contributed by atoms with Crippen molar-refractivity contribution in [1.82, 2.24) is 25.1 Å². The number of rotatable bonds is 5. The van der Waals surface area contributed by atoms with Gasteiger partial charge < -0.3 is 9.84 Å². The van der Waals surface area contributed by atoms with Gasteiger partial charge in [-0.3, -0.25) is 4.79 Å². The summed E-state index contributed by atoms with van der Waals surface area (Å²) in [4.78, 5) is 16.4. The first-order valence-electron chi connectivity index (χ1n) is 7.57. The Bertz CT molecular complexity index is 834. The average Bonchev–Trinajstić information content (AvgIpc) is 3.10. The number of hydrogen-bond acceptors (Lipinski definition) is 5. The van der Waals surface area contributed by atoms with Crippen molar-refractivity contribution in [1.29, 1.82) is 0 Å². The predicted molar refractivity (Wildman–Crippen MR) is 83.9 cm³/mol. The first-order valence-corrected chi connectivity index (χ1v) is 7.57. The molecule has 23 heavy (non-hydrogen) atoms. The van der Waals surface area contributed by atoms with Crippen molar-refractivity contribution < 1.29 is 9.32 Å². The number of carbonyl (C=O) groups is 1. The zero-order valence-corrected chi connectivity index (χ0v) is 13.4. The molecule has 7 nitrogen and oxygen atoms in total. The highest BCUT2D eigenvalue weighted by Crippen LogP contribution is 2.09. The van der Waals surface area contributed by atoms with E-state index in [9.17, 15) is 4.79 Å². The number of amides is 1. The third kappa shape index (κ3) is 3.56. The van der Waals surface area contributed by atoms with E-state index in [0.717, 1.165) is 17.5 Å². The molecule has 0 saturated carbocycles. The molecule has 0 aliphatic heterocycles. The number of pyridine rings is 1. The Hall–Kier alpha value is -2.70. The van der Waals surface area contributed by atoms with Crippen molar-refractivity contribution in [3.63, 3.8) is 0 Å². The van der Waals surface area contributed by atoms with Crippen LogP contribution >= 0.6 is 0 Å². The Morgan fingerprint density at radius 3 is 3.00 bits per heavy atom. The van der Waals surface area contributed by atoms with E-state index in [-0.39, 0.29) is 12.5 Å². The molecule has 3 rings (SSSR count). The lowest BCUT2D eigenvalue weighted by atomic mass is 10.1. The number of aryl methyl sites for hydroxylation is 1. The summed E-state index contributed by atoms with van der Waals surface area (Å²) in [6.45, 7) is 6.36. The van der Waals surface area contributed by atoms with E-state index in [0.29, 0.717) is 23.3 Å². The van der Waals surface area contributed by atoms with Crippen LogP contribution in [0.25, 0.3) is 5.52 Å². The molecule has 0 aromatic carbocycles. The molecule has 120 valence electrons. The first-order chi connectivity index (χ1) is 11.0. The minimum atomic E-state index is -0.269. The summed E-state index contributed by atoms with van der Waals surface area (Å²) < 4.78 is 6.80. The monoisotopic (exact) mass is 313 g/mol. The Morgan fingerprint density at radius 1 is 1.39 bits per heavy atom. The van der Waals surface area contributed by atoms with E-state index in [1.54, 1.807) is 10.6 Å². The van der Waals surface area contributed by atoms with Crippen LogP contribution in [0.2, 0.25) is 0 Å². The van der Waals surface area contributed by atoms with E-state index < -0.39 is 0 Å². The van der Waals surface area contributed by atoms with Crippen LogP contribution in [-0.2, 0) is 13.0 Å². The molecule has 0 unspecified atom stereocenters. The van der Waals surface area contributed by atoms with Crippen LogP contribution in [-0.4, -0.2) is 25.7 Å². The molecule has 0 aliphatic rings. The summed E-state index contributed by atoms with van der Waals surface area (Å²) in [7, 11) is 0. The SMILES string of the molecule is Cc1ccn2nc(C(=O)NCc3nc(CC(C)C)no3)cc2c1. The van der Waals surface area contributed by atoms with Crippen molar-refractivity contribution >= 4 is 11.4 Å². The minimum Gasteiger partial charge on any atom is -0.342 e. The predicted octanol–water partition coefficient (Wildman–Crippen LogP) is 2.15. The highest BCUT2D eigenvalue weighted by molar-refractivity contribution is 5.93. The standard InChI is InChI=1S/C16H19N5O2/c1-10(2)6-14-18-15(23-20-14)9-17-16(22)13-8-12-7-11(3)4-5-21(12)19-13/h4-5,7-8,10H,6,9H2,1-3H3,(H,17,22). The molecule has 0 bridgehead atoms. The lowest BCUT2D eigenvalue weighted by Crippen LogP contribution is -2.23. The van der Waals surface area contributed by atoms with Gasteiger partial charge in [0.15, 0.2) is 11.5 Å². The fourth-order valence-electron chi connectivity index (χ4n) is 2.27. The second-order valence-corrected chi connectivity index (χ2v) is 5.99. The maximum Gasteiger partial charge on any atom is 0.272 e. The van der Waals surface area contributed by atoms with Gasteiger partial charge in [-0.05, 0) is 36.6 Å². The molecule has 1 N–H and O–H groups in total. The number of nitrogens with zero attached hydrogens (tertiary/aromatic N) is 4. The van der Waals surface area contributed by atoms with E-state index in [1.165, 1.54) is 0 Å². The van der Waals surface area contributed by atoms with Crippen LogP contribution in [0.3, 0.4) is 0 Å². The third-order valence-electron chi connectivity index (χ3n) is 3.35. The molecule has 0 fully saturated rings. The molecule has 1 amide bonds. The topological polar surface area (TPSA) is 85.3 Å². The highest BCUT2D eigenvalue weighted by Gasteiger charge is 2.13. The Morgan fingerprint density at radius 2 is 2.22 bits per heavy atom. The maximum atomic E-state index is 12.2. The van der Waals surface area contributed by atoms with Crippen LogP contribution < -0.4 is 5.32 Å². The summed E-state index contributed by atoms with van der Waals surface area (Å²) >= 11 is 0. The molecule has 0 saturated heterocycles. The van der Waals surface area contributed by atoms with E-state index in [1.807, 2.05) is 25.3 Å². The number of carbonyl (C=O) groups excluding carboxylic acids is 1. The van der Waals surface area contributed by atoms with Gasteiger partial charge in [-0.1, -0.05) is 19.0 Å². The number of hydrogen-bond donors (Lipinski definition) is 1. The fourth-order valence-corrected chi connectivity index (χ4v) is 2.27. The summed E-state index contributed by atoms with van der Waals surface area (Å²) in [6, 6.07) is 5.66. The molecule has 0 aliphatic carbocycles. The van der Waals surface area contributed by atoms with Crippen LogP contribution in [0.1, 0.15) is 41.6 Å². The smallest absolute Gasteiger partial charge is 0.272 e. The third-order valence-corrected chi connectivity index (χ3v) is 3.35. The van der Waals surface area contributed by atoms with Crippen LogP contribution in [0, 0.1) is 12.8 Å². The number of aromatic nitrogens is 4. The van der Waals surface area contributed by atoms with Crippen LogP contribution in [0.5, 0.6) is 0 Å².